The second-order valence-electron chi connectivity index (χ2n) is 8.27. The van der Waals surface area contributed by atoms with Gasteiger partial charge in [0.25, 0.3) is 6.17 Å². The molecule has 1 atom stereocenters. The summed E-state index contributed by atoms with van der Waals surface area (Å²) >= 11 is 1.52. The number of aromatic amines is 1. The fraction of sp³-hybridized carbons (Fsp3) is 0.360. The largest absolute Gasteiger partial charge is 0.491 e. The smallest absolute Gasteiger partial charge is 0.325 e. The molecule has 1 aromatic heterocycles. The molecule has 3 aromatic rings. The molecule has 172 valence electrons. The van der Waals surface area contributed by atoms with Crippen LogP contribution in [0.4, 0.5) is 5.69 Å². The molecule has 1 N–H and O–H groups in total. The first-order valence-electron chi connectivity index (χ1n) is 11.3. The van der Waals surface area contributed by atoms with Crippen LogP contribution < -0.4 is 19.9 Å². The number of thioether (sulfide) groups is 1. The third-order valence-electron chi connectivity index (χ3n) is 5.38. The SMILES string of the molecule is CCCCSc1n[n+]2c(c(=O)[nH]1)-c1ccccc1N(C(C)=O)C2c1ccc(OC(C)C)cc1. The lowest BCUT2D eigenvalue weighted by atomic mass is 10.0. The number of fused-ring (bicyclic) bond motifs is 3. The van der Waals surface area contributed by atoms with E-state index in [0.717, 1.165) is 29.9 Å². The Labute approximate surface area is 197 Å². The number of nitrogens with one attached hydrogen (secondary N) is 1. The van der Waals surface area contributed by atoms with E-state index in [1.807, 2.05) is 62.4 Å². The summed E-state index contributed by atoms with van der Waals surface area (Å²) in [5.41, 5.74) is 2.43. The molecule has 0 aliphatic carbocycles. The molecule has 2 heterocycles. The maximum atomic E-state index is 13.3. The van der Waals surface area contributed by atoms with E-state index in [1.54, 1.807) is 9.58 Å². The molecule has 0 bridgehead atoms. The highest BCUT2D eigenvalue weighted by Crippen LogP contribution is 2.37. The molecule has 0 spiro atoms. The molecule has 2 aromatic carbocycles. The van der Waals surface area contributed by atoms with Crippen molar-refractivity contribution in [3.63, 3.8) is 0 Å². The Kier molecular flexibility index (Phi) is 6.83. The number of amides is 1. The van der Waals surface area contributed by atoms with Crippen molar-refractivity contribution in [2.45, 2.75) is 58.0 Å². The van der Waals surface area contributed by atoms with Crippen molar-refractivity contribution in [1.29, 1.82) is 0 Å². The Morgan fingerprint density at radius 2 is 1.94 bits per heavy atom. The summed E-state index contributed by atoms with van der Waals surface area (Å²) in [5.74, 6) is 1.48. The number of unbranched alkanes of at least 4 members (excludes halogenated alkanes) is 1. The first kappa shape index (κ1) is 23.0. The van der Waals surface area contributed by atoms with Crippen molar-refractivity contribution in [1.82, 2.24) is 10.1 Å². The van der Waals surface area contributed by atoms with Gasteiger partial charge in [0.1, 0.15) is 5.75 Å². The van der Waals surface area contributed by atoms with Crippen LogP contribution in [0, 0.1) is 0 Å². The van der Waals surface area contributed by atoms with Crippen molar-refractivity contribution in [2.75, 3.05) is 10.7 Å². The van der Waals surface area contributed by atoms with Crippen LogP contribution in [0.25, 0.3) is 11.3 Å². The van der Waals surface area contributed by atoms with Crippen molar-refractivity contribution >= 4 is 23.4 Å². The molecule has 0 saturated heterocycles. The van der Waals surface area contributed by atoms with Gasteiger partial charge in [-0.15, -0.1) is 0 Å². The molecule has 1 aliphatic heterocycles. The fourth-order valence-electron chi connectivity index (χ4n) is 3.98. The van der Waals surface area contributed by atoms with E-state index in [2.05, 4.69) is 11.9 Å². The Morgan fingerprint density at radius 1 is 1.21 bits per heavy atom. The fourth-order valence-corrected chi connectivity index (χ4v) is 4.92. The van der Waals surface area contributed by atoms with Gasteiger partial charge in [0.15, 0.2) is 0 Å². The van der Waals surface area contributed by atoms with Crippen molar-refractivity contribution in [3.05, 3.63) is 64.4 Å². The number of carbonyl (C=O) groups is 1. The number of carbonyl (C=O) groups excluding carboxylic acids is 1. The highest BCUT2D eigenvalue weighted by atomic mass is 32.2. The van der Waals surface area contributed by atoms with E-state index in [-0.39, 0.29) is 17.6 Å². The average molecular weight is 466 g/mol. The van der Waals surface area contributed by atoms with Crippen LogP contribution in [-0.4, -0.2) is 27.8 Å². The number of benzene rings is 2. The lowest BCUT2D eigenvalue weighted by molar-refractivity contribution is -0.763. The quantitative estimate of drug-likeness (QED) is 0.319. The molecular weight excluding hydrogens is 436 g/mol. The van der Waals surface area contributed by atoms with Gasteiger partial charge in [-0.25, -0.2) is 4.90 Å². The molecule has 4 rings (SSSR count). The van der Waals surface area contributed by atoms with Crippen LogP contribution in [0.1, 0.15) is 52.3 Å². The topological polar surface area (TPSA) is 79.2 Å². The van der Waals surface area contributed by atoms with Crippen molar-refractivity contribution in [2.24, 2.45) is 0 Å². The van der Waals surface area contributed by atoms with Crippen LogP contribution in [0.3, 0.4) is 0 Å². The van der Waals surface area contributed by atoms with E-state index in [0.29, 0.717) is 22.1 Å². The van der Waals surface area contributed by atoms with Gasteiger partial charge in [0.05, 0.1) is 17.4 Å². The van der Waals surface area contributed by atoms with Crippen LogP contribution in [-0.2, 0) is 4.79 Å². The van der Waals surface area contributed by atoms with Crippen LogP contribution in [0.5, 0.6) is 5.75 Å². The Morgan fingerprint density at radius 3 is 2.61 bits per heavy atom. The van der Waals surface area contributed by atoms with Gasteiger partial charge >= 0.3 is 11.3 Å². The van der Waals surface area contributed by atoms with Gasteiger partial charge in [-0.2, -0.15) is 0 Å². The molecule has 33 heavy (non-hydrogen) atoms. The van der Waals surface area contributed by atoms with E-state index < -0.39 is 6.17 Å². The predicted octanol–water partition coefficient (Wildman–Crippen LogP) is 4.32. The van der Waals surface area contributed by atoms with E-state index in [4.69, 9.17) is 9.84 Å². The minimum Gasteiger partial charge on any atom is -0.491 e. The van der Waals surface area contributed by atoms with Gasteiger partial charge in [-0.05, 0) is 61.3 Å². The van der Waals surface area contributed by atoms with E-state index in [9.17, 15) is 9.59 Å². The van der Waals surface area contributed by atoms with Crippen LogP contribution in [0.15, 0.2) is 58.5 Å². The highest BCUT2D eigenvalue weighted by Gasteiger charge is 2.44. The Hall–Kier alpha value is -3.13. The number of hydrogen-bond donors (Lipinski definition) is 1. The number of ether oxygens (including phenoxy) is 1. The van der Waals surface area contributed by atoms with Crippen molar-refractivity contribution in [3.8, 4) is 17.0 Å². The number of hydrogen-bond acceptors (Lipinski definition) is 5. The second kappa shape index (κ2) is 9.79. The molecule has 0 saturated carbocycles. The Balaban J connectivity index is 1.89. The zero-order chi connectivity index (χ0) is 23.5. The lowest BCUT2D eigenvalue weighted by Crippen LogP contribution is -2.60. The normalized spacial score (nSPS) is 14.7. The van der Waals surface area contributed by atoms with E-state index >= 15 is 0 Å². The molecule has 1 unspecified atom stereocenters. The first-order chi connectivity index (χ1) is 15.9. The van der Waals surface area contributed by atoms with Crippen molar-refractivity contribution < 1.29 is 14.2 Å². The minimum absolute atomic E-state index is 0.0594. The number of para-hydroxylation sites is 1. The maximum Gasteiger partial charge on any atom is 0.325 e. The monoisotopic (exact) mass is 465 g/mol. The van der Waals surface area contributed by atoms with E-state index in [1.165, 1.54) is 18.7 Å². The van der Waals surface area contributed by atoms with Gasteiger partial charge in [-0.3, -0.25) is 14.6 Å². The van der Waals surface area contributed by atoms with Crippen LogP contribution in [0.2, 0.25) is 0 Å². The van der Waals surface area contributed by atoms with Gasteiger partial charge in [-0.1, -0.05) is 37.2 Å². The molecule has 7 nitrogen and oxygen atoms in total. The molecule has 1 aliphatic rings. The number of rotatable bonds is 7. The summed E-state index contributed by atoms with van der Waals surface area (Å²) in [5, 5.41) is 5.35. The summed E-state index contributed by atoms with van der Waals surface area (Å²) in [6.45, 7) is 7.62. The summed E-state index contributed by atoms with van der Waals surface area (Å²) in [6, 6.07) is 15.1. The van der Waals surface area contributed by atoms with Gasteiger partial charge in [0, 0.05) is 23.3 Å². The van der Waals surface area contributed by atoms with Gasteiger partial charge in [0.2, 0.25) is 11.1 Å². The molecule has 0 radical (unpaired) electrons. The number of nitrogens with zero attached hydrogens (tertiary/aromatic N) is 3. The van der Waals surface area contributed by atoms with Crippen LogP contribution >= 0.6 is 11.8 Å². The minimum atomic E-state index is -0.590. The third-order valence-corrected chi connectivity index (χ3v) is 6.33. The average Bonchev–Trinajstić information content (AvgIpc) is 2.78. The first-order valence-corrected chi connectivity index (χ1v) is 12.2. The number of H-pyrrole nitrogens is 1. The zero-order valence-electron chi connectivity index (χ0n) is 19.4. The third kappa shape index (κ3) is 4.66. The lowest BCUT2D eigenvalue weighted by Gasteiger charge is -2.31. The molecule has 8 heteroatoms. The summed E-state index contributed by atoms with van der Waals surface area (Å²) < 4.78 is 7.48. The highest BCUT2D eigenvalue weighted by molar-refractivity contribution is 7.99. The Bertz CT molecular complexity index is 1210. The van der Waals surface area contributed by atoms with Gasteiger partial charge < -0.3 is 4.74 Å². The molecule has 1 amide bonds. The summed E-state index contributed by atoms with van der Waals surface area (Å²) in [4.78, 5) is 30.8. The summed E-state index contributed by atoms with van der Waals surface area (Å²) in [7, 11) is 0. The molecular formula is C25H29N4O3S+. The molecule has 0 fully saturated rings. The maximum absolute atomic E-state index is 13.3. The number of aromatic nitrogens is 3. The summed E-state index contributed by atoms with van der Waals surface area (Å²) in [6.07, 6.45) is 1.56. The number of anilines is 1. The predicted molar refractivity (Wildman–Crippen MR) is 130 cm³/mol. The second-order valence-corrected chi connectivity index (χ2v) is 9.35. The zero-order valence-corrected chi connectivity index (χ0v) is 20.2. The standard InChI is InChI=1S/C25H28N4O3S/c1-5-6-15-33-25-26-23(31)22-20-9-7-8-10-21(20)28(17(4)30)24(29(22)27-25)18-11-13-19(14-12-18)32-16(2)3/h7-14,16,24H,5-6,15H2,1-4H3/p+1.